The number of carbonyl (C=O) groups is 2. The van der Waals surface area contributed by atoms with E-state index in [2.05, 4.69) is 20.5 Å². The summed E-state index contributed by atoms with van der Waals surface area (Å²) in [7, 11) is 0. The largest absolute Gasteiger partial charge is 0.423 e. The number of benzene rings is 1. The van der Waals surface area contributed by atoms with Gasteiger partial charge < -0.3 is 20.0 Å². The minimum absolute atomic E-state index is 0.0209. The summed E-state index contributed by atoms with van der Waals surface area (Å²) < 4.78 is 5.78. The molecule has 1 fully saturated rings. The van der Waals surface area contributed by atoms with Gasteiger partial charge in [-0.2, -0.15) is 4.98 Å². The van der Waals surface area contributed by atoms with Crippen molar-refractivity contribution < 1.29 is 14.0 Å². The molecule has 0 bridgehead atoms. The van der Waals surface area contributed by atoms with Crippen LogP contribution in [0.15, 0.2) is 22.6 Å². The van der Waals surface area contributed by atoms with E-state index in [0.29, 0.717) is 42.8 Å². The summed E-state index contributed by atoms with van der Waals surface area (Å²) in [6, 6.07) is 5.94. The highest BCUT2D eigenvalue weighted by Crippen LogP contribution is 2.27. The van der Waals surface area contributed by atoms with Gasteiger partial charge in [-0.05, 0) is 25.0 Å². The normalized spacial score (nSPS) is 15.4. The van der Waals surface area contributed by atoms with E-state index in [9.17, 15) is 9.59 Å². The van der Waals surface area contributed by atoms with Crippen LogP contribution in [0.5, 0.6) is 0 Å². The first kappa shape index (κ1) is 17.5. The topological polar surface area (TPSA) is 87.5 Å². The lowest BCUT2D eigenvalue weighted by Gasteiger charge is -2.30. The van der Waals surface area contributed by atoms with Gasteiger partial charge in [0.25, 0.3) is 6.01 Å². The molecule has 1 aromatic heterocycles. The summed E-state index contributed by atoms with van der Waals surface area (Å²) in [5.41, 5.74) is 1.44. The van der Waals surface area contributed by atoms with E-state index in [1.165, 1.54) is 6.92 Å². The third-order valence-electron chi connectivity index (χ3n) is 4.27. The Balaban J connectivity index is 1.50. The minimum Gasteiger partial charge on any atom is -0.423 e. The molecule has 0 atom stereocenters. The molecule has 3 rings (SSSR count). The van der Waals surface area contributed by atoms with E-state index in [-0.39, 0.29) is 17.7 Å². The highest BCUT2D eigenvalue weighted by molar-refractivity contribution is 6.31. The Labute approximate surface area is 150 Å². The van der Waals surface area contributed by atoms with Gasteiger partial charge in [-0.15, -0.1) is 0 Å². The number of fused-ring (bicyclic) bond motifs is 1. The molecule has 0 unspecified atom stereocenters. The average molecular weight is 365 g/mol. The molecule has 7 nitrogen and oxygen atoms in total. The van der Waals surface area contributed by atoms with Crippen molar-refractivity contribution in [2.24, 2.45) is 5.92 Å². The molecule has 0 radical (unpaired) electrons. The Kier molecular flexibility index (Phi) is 5.43. The molecular formula is C17H21ClN4O3. The highest BCUT2D eigenvalue weighted by Gasteiger charge is 2.27. The summed E-state index contributed by atoms with van der Waals surface area (Å²) in [5.74, 6) is -0.0797. The summed E-state index contributed by atoms with van der Waals surface area (Å²) >= 11 is 5.97. The highest BCUT2D eigenvalue weighted by atomic mass is 35.5. The second-order valence-electron chi connectivity index (χ2n) is 6.14. The lowest BCUT2D eigenvalue weighted by atomic mass is 9.96. The van der Waals surface area contributed by atoms with Crippen LogP contribution in [0.4, 0.5) is 6.01 Å². The molecule has 1 aliphatic rings. The molecule has 8 heteroatoms. The molecule has 1 aliphatic heterocycles. The zero-order chi connectivity index (χ0) is 17.8. The molecule has 134 valence electrons. The number of nitrogens with zero attached hydrogens (tertiary/aromatic N) is 2. The Hall–Kier alpha value is -2.28. The van der Waals surface area contributed by atoms with Crippen molar-refractivity contribution in [3.8, 4) is 0 Å². The fourth-order valence-electron chi connectivity index (χ4n) is 2.92. The fraction of sp³-hybridized carbons (Fsp3) is 0.471. The van der Waals surface area contributed by atoms with Crippen LogP contribution in [0.2, 0.25) is 5.02 Å². The first-order valence-corrected chi connectivity index (χ1v) is 8.74. The molecule has 2 amide bonds. The maximum Gasteiger partial charge on any atom is 0.298 e. The van der Waals surface area contributed by atoms with Gasteiger partial charge >= 0.3 is 0 Å². The molecule has 0 aliphatic carbocycles. The third-order valence-corrected chi connectivity index (χ3v) is 4.51. The van der Waals surface area contributed by atoms with Crippen LogP contribution in [-0.4, -0.2) is 43.0 Å². The van der Waals surface area contributed by atoms with Crippen LogP contribution in [0, 0.1) is 5.92 Å². The first-order chi connectivity index (χ1) is 12.0. The molecule has 0 saturated carbocycles. The summed E-state index contributed by atoms with van der Waals surface area (Å²) in [6.45, 7) is 3.78. The second-order valence-corrected chi connectivity index (χ2v) is 6.58. The van der Waals surface area contributed by atoms with E-state index in [1.54, 1.807) is 12.1 Å². The smallest absolute Gasteiger partial charge is 0.298 e. The lowest BCUT2D eigenvalue weighted by molar-refractivity contribution is -0.126. The zero-order valence-corrected chi connectivity index (χ0v) is 14.8. The molecule has 2 heterocycles. The number of oxazole rings is 1. The lowest BCUT2D eigenvalue weighted by Crippen LogP contribution is -2.42. The number of carbonyl (C=O) groups excluding carboxylic acids is 2. The van der Waals surface area contributed by atoms with Crippen molar-refractivity contribution in [2.45, 2.75) is 19.8 Å². The van der Waals surface area contributed by atoms with Crippen LogP contribution in [0.25, 0.3) is 11.1 Å². The number of hydrogen-bond acceptors (Lipinski definition) is 5. The number of rotatable bonds is 5. The minimum atomic E-state index is -0.0952. The van der Waals surface area contributed by atoms with E-state index in [0.717, 1.165) is 18.4 Å². The van der Waals surface area contributed by atoms with Gasteiger partial charge in [0.1, 0.15) is 5.52 Å². The molecular weight excluding hydrogens is 344 g/mol. The molecule has 2 aromatic rings. The van der Waals surface area contributed by atoms with Crippen LogP contribution < -0.4 is 15.5 Å². The first-order valence-electron chi connectivity index (χ1n) is 8.36. The quantitative estimate of drug-likeness (QED) is 0.792. The third kappa shape index (κ3) is 4.42. The van der Waals surface area contributed by atoms with Gasteiger partial charge in [-0.3, -0.25) is 9.59 Å². The predicted octanol–water partition coefficient (Wildman–Crippen LogP) is 1.95. The van der Waals surface area contributed by atoms with Crippen molar-refractivity contribution >= 4 is 40.5 Å². The van der Waals surface area contributed by atoms with Gasteiger partial charge in [-0.25, -0.2) is 0 Å². The number of aromatic nitrogens is 1. The van der Waals surface area contributed by atoms with Crippen molar-refractivity contribution in [3.05, 3.63) is 23.2 Å². The Morgan fingerprint density at radius 1 is 1.28 bits per heavy atom. The summed E-state index contributed by atoms with van der Waals surface area (Å²) in [4.78, 5) is 29.5. The van der Waals surface area contributed by atoms with Crippen LogP contribution in [0.3, 0.4) is 0 Å². The Morgan fingerprint density at radius 3 is 2.72 bits per heavy atom. The Bertz CT molecular complexity index is 768. The zero-order valence-electron chi connectivity index (χ0n) is 14.0. The van der Waals surface area contributed by atoms with Crippen LogP contribution in [0.1, 0.15) is 19.8 Å². The predicted molar refractivity (Wildman–Crippen MR) is 95.6 cm³/mol. The number of halogens is 1. The number of hydrogen-bond donors (Lipinski definition) is 2. The average Bonchev–Trinajstić information content (AvgIpc) is 3.01. The van der Waals surface area contributed by atoms with E-state index < -0.39 is 0 Å². The summed E-state index contributed by atoms with van der Waals surface area (Å²) in [6.07, 6.45) is 1.48. The van der Waals surface area contributed by atoms with E-state index >= 15 is 0 Å². The van der Waals surface area contributed by atoms with Gasteiger partial charge in [0.2, 0.25) is 11.8 Å². The number of nitrogens with one attached hydrogen (secondary N) is 2. The van der Waals surface area contributed by atoms with Gasteiger partial charge in [0.05, 0.1) is 0 Å². The molecule has 25 heavy (non-hydrogen) atoms. The SMILES string of the molecule is CC(=O)NCCNC(=O)C1CCN(c2nc3ccc(Cl)cc3o2)CC1. The molecule has 1 saturated heterocycles. The molecule has 2 N–H and O–H groups in total. The van der Waals surface area contributed by atoms with E-state index in [4.69, 9.17) is 16.0 Å². The van der Waals surface area contributed by atoms with E-state index in [1.807, 2.05) is 6.07 Å². The van der Waals surface area contributed by atoms with Gasteiger partial charge in [0, 0.05) is 50.1 Å². The number of piperidine rings is 1. The van der Waals surface area contributed by atoms with Gasteiger partial charge in [-0.1, -0.05) is 11.6 Å². The number of anilines is 1. The Morgan fingerprint density at radius 2 is 2.00 bits per heavy atom. The van der Waals surface area contributed by atoms with Crippen molar-refractivity contribution in [1.29, 1.82) is 0 Å². The second kappa shape index (κ2) is 7.74. The fourth-order valence-corrected chi connectivity index (χ4v) is 3.09. The summed E-state index contributed by atoms with van der Waals surface area (Å²) in [5, 5.41) is 6.14. The standard InChI is InChI=1S/C17H21ClN4O3/c1-11(23)19-6-7-20-16(24)12-4-8-22(9-5-12)17-21-14-3-2-13(18)10-15(14)25-17/h2-3,10,12H,4-9H2,1H3,(H,19,23)(H,20,24). The van der Waals surface area contributed by atoms with Crippen LogP contribution >= 0.6 is 11.6 Å². The monoisotopic (exact) mass is 364 g/mol. The van der Waals surface area contributed by atoms with Crippen molar-refractivity contribution in [2.75, 3.05) is 31.1 Å². The maximum absolute atomic E-state index is 12.2. The molecule has 0 spiro atoms. The maximum atomic E-state index is 12.2. The number of amides is 2. The molecule has 1 aromatic carbocycles. The van der Waals surface area contributed by atoms with Crippen molar-refractivity contribution in [1.82, 2.24) is 15.6 Å². The van der Waals surface area contributed by atoms with Crippen molar-refractivity contribution in [3.63, 3.8) is 0 Å². The van der Waals surface area contributed by atoms with Gasteiger partial charge in [0.15, 0.2) is 5.58 Å². The van der Waals surface area contributed by atoms with Crippen LogP contribution in [-0.2, 0) is 9.59 Å².